The van der Waals surface area contributed by atoms with Crippen molar-refractivity contribution in [3.63, 3.8) is 0 Å². The molecule has 124 valence electrons. The molecule has 23 heavy (non-hydrogen) atoms. The Labute approximate surface area is 132 Å². The highest BCUT2D eigenvalue weighted by atomic mass is 32.2. The summed E-state index contributed by atoms with van der Waals surface area (Å²) < 4.78 is 30.0. The van der Waals surface area contributed by atoms with Gasteiger partial charge in [0, 0.05) is 23.4 Å². The lowest BCUT2D eigenvalue weighted by molar-refractivity contribution is -0.384. The van der Waals surface area contributed by atoms with Crippen LogP contribution in [0, 0.1) is 10.1 Å². The van der Waals surface area contributed by atoms with Crippen molar-refractivity contribution < 1.29 is 22.7 Å². The minimum atomic E-state index is -4.23. The summed E-state index contributed by atoms with van der Waals surface area (Å²) >= 11 is 0. The number of allylic oxidation sites excluding steroid dienone is 3. The number of rotatable bonds is 6. The molecule has 9 nitrogen and oxygen atoms in total. The number of nitro groups is 1. The highest BCUT2D eigenvalue weighted by molar-refractivity contribution is 7.88. The molecule has 0 aliphatic rings. The van der Waals surface area contributed by atoms with Crippen LogP contribution in [0.5, 0.6) is 0 Å². The van der Waals surface area contributed by atoms with Crippen LogP contribution in [0.3, 0.4) is 0 Å². The molecule has 0 fully saturated rings. The van der Waals surface area contributed by atoms with Gasteiger partial charge in [0.2, 0.25) is 0 Å². The van der Waals surface area contributed by atoms with Gasteiger partial charge in [0.25, 0.3) is 21.7 Å². The molecule has 1 aromatic rings. The zero-order chi connectivity index (χ0) is 17.6. The molecule has 1 amide bonds. The van der Waals surface area contributed by atoms with E-state index in [-0.39, 0.29) is 16.8 Å². The summed E-state index contributed by atoms with van der Waals surface area (Å²) in [7, 11) is -4.23. The minimum absolute atomic E-state index is 0.128. The van der Waals surface area contributed by atoms with Gasteiger partial charge in [-0.3, -0.25) is 24.9 Å². The molecule has 1 aromatic carbocycles. The number of nitro benzene ring substituents is 1. The van der Waals surface area contributed by atoms with Crippen LogP contribution in [0.2, 0.25) is 0 Å². The summed E-state index contributed by atoms with van der Waals surface area (Å²) in [6.45, 7) is 3.02. The summed E-state index contributed by atoms with van der Waals surface area (Å²) in [5, 5.41) is 11.2. The predicted molar refractivity (Wildman–Crippen MR) is 82.8 cm³/mol. The van der Waals surface area contributed by atoms with E-state index in [1.54, 1.807) is 6.92 Å². The number of hydrazine groups is 1. The van der Waals surface area contributed by atoms with Gasteiger partial charge in [0.05, 0.1) is 10.3 Å². The molecule has 3 N–H and O–H groups in total. The Kier molecular flexibility index (Phi) is 5.99. The SMILES string of the molecule is CC(=C\S(=O)(=O)O)/C=C(\C)NNC(=O)c1ccc([N+](=O)[O-])cc1. The van der Waals surface area contributed by atoms with Crippen molar-refractivity contribution >= 4 is 21.7 Å². The van der Waals surface area contributed by atoms with Crippen LogP contribution in [0.1, 0.15) is 24.2 Å². The van der Waals surface area contributed by atoms with E-state index in [1.165, 1.54) is 37.3 Å². The van der Waals surface area contributed by atoms with Crippen LogP contribution in [-0.4, -0.2) is 23.8 Å². The number of nitrogens with one attached hydrogen (secondary N) is 2. The zero-order valence-electron chi connectivity index (χ0n) is 12.3. The molecule has 10 heteroatoms. The van der Waals surface area contributed by atoms with Gasteiger partial charge < -0.3 is 5.43 Å². The number of nitrogens with zero attached hydrogens (tertiary/aromatic N) is 1. The maximum atomic E-state index is 11.8. The Morgan fingerprint density at radius 3 is 2.26 bits per heavy atom. The summed E-state index contributed by atoms with van der Waals surface area (Å²) in [4.78, 5) is 21.8. The molecular formula is C13H15N3O6S. The van der Waals surface area contributed by atoms with Crippen molar-refractivity contribution in [2.45, 2.75) is 13.8 Å². The van der Waals surface area contributed by atoms with Crippen LogP contribution in [-0.2, 0) is 10.1 Å². The molecule has 0 aliphatic heterocycles. The number of non-ortho nitro benzene ring substituents is 1. The normalized spacial score (nSPS) is 12.7. The van der Waals surface area contributed by atoms with Crippen molar-refractivity contribution in [2.24, 2.45) is 0 Å². The lowest BCUT2D eigenvalue weighted by Crippen LogP contribution is -2.36. The average Bonchev–Trinajstić information content (AvgIpc) is 2.42. The van der Waals surface area contributed by atoms with Crippen molar-refractivity contribution in [2.75, 3.05) is 0 Å². The minimum Gasteiger partial charge on any atom is -0.303 e. The molecule has 1 rings (SSSR count). The van der Waals surface area contributed by atoms with Crippen molar-refractivity contribution in [3.05, 3.63) is 62.7 Å². The molecule has 0 aliphatic carbocycles. The van der Waals surface area contributed by atoms with E-state index in [4.69, 9.17) is 4.55 Å². The van der Waals surface area contributed by atoms with E-state index in [0.29, 0.717) is 11.1 Å². The van der Waals surface area contributed by atoms with Gasteiger partial charge in [0.1, 0.15) is 0 Å². The number of amides is 1. The van der Waals surface area contributed by atoms with Crippen molar-refractivity contribution in [3.8, 4) is 0 Å². The third kappa shape index (κ3) is 6.72. The molecule has 0 atom stereocenters. The smallest absolute Gasteiger partial charge is 0.287 e. The number of benzene rings is 1. The Balaban J connectivity index is 2.68. The van der Waals surface area contributed by atoms with E-state index in [2.05, 4.69) is 10.9 Å². The van der Waals surface area contributed by atoms with E-state index in [1.807, 2.05) is 0 Å². The molecule has 0 aromatic heterocycles. The predicted octanol–water partition coefficient (Wildman–Crippen LogP) is 1.52. The molecule has 0 saturated heterocycles. The van der Waals surface area contributed by atoms with Crippen LogP contribution >= 0.6 is 0 Å². The van der Waals surface area contributed by atoms with E-state index in [9.17, 15) is 23.3 Å². The molecular weight excluding hydrogens is 326 g/mol. The van der Waals surface area contributed by atoms with Gasteiger partial charge in [0.15, 0.2) is 0 Å². The fourth-order valence-corrected chi connectivity index (χ4v) is 2.15. The molecule has 0 heterocycles. The summed E-state index contributed by atoms with van der Waals surface area (Å²) in [6, 6.07) is 5.02. The van der Waals surface area contributed by atoms with Gasteiger partial charge in [-0.25, -0.2) is 0 Å². The Morgan fingerprint density at radius 1 is 1.22 bits per heavy atom. The molecule has 0 bridgehead atoms. The highest BCUT2D eigenvalue weighted by Crippen LogP contribution is 2.11. The Bertz CT molecular complexity index is 765. The van der Waals surface area contributed by atoms with E-state index in [0.717, 1.165) is 0 Å². The first kappa shape index (κ1) is 18.3. The highest BCUT2D eigenvalue weighted by Gasteiger charge is 2.09. The second kappa shape index (κ2) is 7.51. The summed E-state index contributed by atoms with van der Waals surface area (Å²) in [5.41, 5.74) is 5.64. The third-order valence-electron chi connectivity index (χ3n) is 2.49. The van der Waals surface area contributed by atoms with Gasteiger partial charge in [-0.2, -0.15) is 8.42 Å². The Hall–Kier alpha value is -2.72. The van der Waals surface area contributed by atoms with Gasteiger partial charge in [-0.05, 0) is 37.6 Å². The zero-order valence-corrected chi connectivity index (χ0v) is 13.1. The standard InChI is InChI=1S/C13H15N3O6S/c1-9(8-23(20,21)22)7-10(2)14-15-13(17)11-3-5-12(6-4-11)16(18)19/h3-8,14H,1-2H3,(H,15,17)(H,20,21,22)/b9-8+,10-7+. The average molecular weight is 341 g/mol. The second-order valence-electron chi connectivity index (χ2n) is 4.59. The summed E-state index contributed by atoms with van der Waals surface area (Å²) in [6.07, 6.45) is 1.39. The number of hydrogen-bond acceptors (Lipinski definition) is 6. The molecule has 0 radical (unpaired) electrons. The topological polar surface area (TPSA) is 139 Å². The maximum absolute atomic E-state index is 11.8. The lowest BCUT2D eigenvalue weighted by atomic mass is 10.2. The van der Waals surface area contributed by atoms with Crippen molar-refractivity contribution in [1.82, 2.24) is 10.9 Å². The fourth-order valence-electron chi connectivity index (χ4n) is 1.61. The maximum Gasteiger partial charge on any atom is 0.287 e. The number of carbonyl (C=O) groups excluding carboxylic acids is 1. The van der Waals surface area contributed by atoms with Gasteiger partial charge in [-0.15, -0.1) is 0 Å². The quantitative estimate of drug-likeness (QED) is 0.308. The molecule has 0 unspecified atom stereocenters. The first-order valence-electron chi connectivity index (χ1n) is 6.23. The molecule has 0 saturated carbocycles. The van der Waals surface area contributed by atoms with E-state index < -0.39 is 20.9 Å². The van der Waals surface area contributed by atoms with Gasteiger partial charge in [-0.1, -0.05) is 0 Å². The fraction of sp³-hybridized carbons (Fsp3) is 0.154. The van der Waals surface area contributed by atoms with Crippen molar-refractivity contribution in [1.29, 1.82) is 0 Å². The lowest BCUT2D eigenvalue weighted by Gasteiger charge is -2.08. The number of carbonyl (C=O) groups is 1. The van der Waals surface area contributed by atoms with E-state index >= 15 is 0 Å². The first-order valence-corrected chi connectivity index (χ1v) is 7.74. The monoisotopic (exact) mass is 341 g/mol. The Morgan fingerprint density at radius 2 is 1.78 bits per heavy atom. The number of hydrogen-bond donors (Lipinski definition) is 3. The van der Waals surface area contributed by atoms with Gasteiger partial charge >= 0.3 is 0 Å². The largest absolute Gasteiger partial charge is 0.303 e. The van der Waals surface area contributed by atoms with Crippen LogP contribution in [0.15, 0.2) is 47.0 Å². The second-order valence-corrected chi connectivity index (χ2v) is 5.85. The third-order valence-corrected chi connectivity index (χ3v) is 3.16. The van der Waals surface area contributed by atoms with Crippen LogP contribution < -0.4 is 10.9 Å². The summed E-state index contributed by atoms with van der Waals surface area (Å²) in [5.74, 6) is -0.524. The molecule has 0 spiro atoms. The van der Waals surface area contributed by atoms with Crippen LogP contribution in [0.4, 0.5) is 5.69 Å². The van der Waals surface area contributed by atoms with Crippen LogP contribution in [0.25, 0.3) is 0 Å². The first-order chi connectivity index (χ1) is 10.6.